The van der Waals surface area contributed by atoms with Crippen molar-refractivity contribution in [1.82, 2.24) is 8.87 Å². The molecule has 1 aromatic heterocycles. The summed E-state index contributed by atoms with van der Waals surface area (Å²) in [5.74, 6) is 0.316. The number of hydrogen-bond acceptors (Lipinski definition) is 3. The molecule has 2 heterocycles. The summed E-state index contributed by atoms with van der Waals surface area (Å²) in [6.45, 7) is 3.81. The first kappa shape index (κ1) is 16.8. The predicted molar refractivity (Wildman–Crippen MR) is 83.1 cm³/mol. The molecule has 1 aromatic rings. The van der Waals surface area contributed by atoms with Gasteiger partial charge in [0.2, 0.25) is 10.0 Å². The van der Waals surface area contributed by atoms with Crippen LogP contribution in [-0.4, -0.2) is 43.6 Å². The van der Waals surface area contributed by atoms with Crippen molar-refractivity contribution in [2.75, 3.05) is 20.2 Å². The van der Waals surface area contributed by atoms with Gasteiger partial charge in [0.05, 0.1) is 12.0 Å². The van der Waals surface area contributed by atoms with Crippen molar-refractivity contribution in [1.29, 1.82) is 0 Å². The van der Waals surface area contributed by atoms with Crippen molar-refractivity contribution in [3.8, 4) is 0 Å². The monoisotopic (exact) mass is 334 g/mol. The number of hydrogen-bond donors (Lipinski definition) is 0. The van der Waals surface area contributed by atoms with E-state index >= 15 is 0 Å². The fourth-order valence-corrected chi connectivity index (χ4v) is 4.50. The Morgan fingerprint density at radius 2 is 2.24 bits per heavy atom. The van der Waals surface area contributed by atoms with Crippen LogP contribution >= 0.6 is 11.6 Å². The molecule has 1 aliphatic heterocycles. The lowest BCUT2D eigenvalue weighted by atomic mass is 10.1. The Morgan fingerprint density at radius 1 is 1.48 bits per heavy atom. The standard InChI is InChI=1S/C14H23ClN2O3S/c1-3-6-16-11-14(8-12(16)9-15)21(18,19)17-7-4-5-13(10-17)20-2/h8,11,13H,3-7,9-10H2,1-2H3. The van der Waals surface area contributed by atoms with E-state index in [1.54, 1.807) is 19.4 Å². The Morgan fingerprint density at radius 3 is 2.86 bits per heavy atom. The summed E-state index contributed by atoms with van der Waals surface area (Å²) in [5, 5.41) is 0. The van der Waals surface area contributed by atoms with E-state index in [1.165, 1.54) is 4.31 Å². The van der Waals surface area contributed by atoms with Gasteiger partial charge >= 0.3 is 0 Å². The first-order chi connectivity index (χ1) is 10.0. The number of methoxy groups -OCH3 is 1. The smallest absolute Gasteiger partial charge is 0.244 e. The van der Waals surface area contributed by atoms with E-state index in [9.17, 15) is 8.42 Å². The fraction of sp³-hybridized carbons (Fsp3) is 0.714. The number of sulfonamides is 1. The maximum Gasteiger partial charge on any atom is 0.244 e. The molecule has 1 fully saturated rings. The third-order valence-corrected chi connectivity index (χ3v) is 5.98. The van der Waals surface area contributed by atoms with Gasteiger partial charge < -0.3 is 9.30 Å². The third kappa shape index (κ3) is 3.62. The molecule has 1 aliphatic rings. The van der Waals surface area contributed by atoms with E-state index in [-0.39, 0.29) is 6.10 Å². The second-order valence-electron chi connectivity index (χ2n) is 5.36. The van der Waals surface area contributed by atoms with Crippen molar-refractivity contribution < 1.29 is 13.2 Å². The van der Waals surface area contributed by atoms with Crippen LogP contribution in [0.25, 0.3) is 0 Å². The third-order valence-electron chi connectivity index (χ3n) is 3.87. The lowest BCUT2D eigenvalue weighted by Gasteiger charge is -2.30. The molecule has 7 heteroatoms. The number of aryl methyl sites for hydroxylation is 1. The number of halogens is 1. The number of ether oxygens (including phenoxy) is 1. The zero-order valence-corrected chi connectivity index (χ0v) is 14.2. The maximum atomic E-state index is 12.7. The Balaban J connectivity index is 2.26. The van der Waals surface area contributed by atoms with Gasteiger partial charge in [0, 0.05) is 38.6 Å². The molecule has 5 nitrogen and oxygen atoms in total. The Bertz CT molecular complexity index is 571. The van der Waals surface area contributed by atoms with Gasteiger partial charge in [0.15, 0.2) is 0 Å². The van der Waals surface area contributed by atoms with Crippen LogP contribution in [0.3, 0.4) is 0 Å². The normalized spacial score (nSPS) is 20.8. The second-order valence-corrected chi connectivity index (χ2v) is 7.56. The second kappa shape index (κ2) is 7.13. The molecule has 0 N–H and O–H groups in total. The molecular weight excluding hydrogens is 312 g/mol. The van der Waals surface area contributed by atoms with Crippen molar-refractivity contribution in [3.05, 3.63) is 18.0 Å². The minimum atomic E-state index is -3.46. The number of piperidine rings is 1. The molecule has 0 aromatic carbocycles. The van der Waals surface area contributed by atoms with Crippen LogP contribution in [0.4, 0.5) is 0 Å². The van der Waals surface area contributed by atoms with Crippen molar-refractivity contribution in [2.24, 2.45) is 0 Å². The summed E-state index contributed by atoms with van der Waals surface area (Å²) < 4.78 is 34.3. The molecule has 0 radical (unpaired) electrons. The summed E-state index contributed by atoms with van der Waals surface area (Å²) in [4.78, 5) is 0.336. The van der Waals surface area contributed by atoms with E-state index in [0.29, 0.717) is 23.9 Å². The van der Waals surface area contributed by atoms with Crippen LogP contribution < -0.4 is 0 Å². The number of alkyl halides is 1. The van der Waals surface area contributed by atoms with E-state index in [1.807, 2.05) is 4.57 Å². The highest BCUT2D eigenvalue weighted by Gasteiger charge is 2.31. The summed E-state index contributed by atoms with van der Waals surface area (Å²) >= 11 is 5.91. The van der Waals surface area contributed by atoms with E-state index in [2.05, 4.69) is 6.92 Å². The van der Waals surface area contributed by atoms with E-state index in [4.69, 9.17) is 16.3 Å². The molecular formula is C14H23ClN2O3S. The van der Waals surface area contributed by atoms with Gasteiger partial charge in [-0.25, -0.2) is 8.42 Å². The van der Waals surface area contributed by atoms with Gasteiger partial charge in [0.25, 0.3) is 0 Å². The minimum Gasteiger partial charge on any atom is -0.380 e. The van der Waals surface area contributed by atoms with Crippen LogP contribution in [0.1, 0.15) is 31.9 Å². The SMILES string of the molecule is CCCn1cc(S(=O)(=O)N2CCCC(OC)C2)cc1CCl. The zero-order chi connectivity index (χ0) is 15.5. The highest BCUT2D eigenvalue weighted by molar-refractivity contribution is 7.89. The van der Waals surface area contributed by atoms with Gasteiger partial charge in [-0.1, -0.05) is 6.92 Å². The van der Waals surface area contributed by atoms with E-state index < -0.39 is 10.0 Å². The van der Waals surface area contributed by atoms with Gasteiger partial charge in [-0.15, -0.1) is 11.6 Å². The summed E-state index contributed by atoms with van der Waals surface area (Å²) in [5.41, 5.74) is 0.845. The highest BCUT2D eigenvalue weighted by Crippen LogP contribution is 2.24. The maximum absolute atomic E-state index is 12.7. The van der Waals surface area contributed by atoms with E-state index in [0.717, 1.165) is 31.5 Å². The quantitative estimate of drug-likeness (QED) is 0.751. The molecule has 0 bridgehead atoms. The van der Waals surface area contributed by atoms with Gasteiger partial charge in [0.1, 0.15) is 4.90 Å². The number of rotatable bonds is 6. The average Bonchev–Trinajstić information content (AvgIpc) is 2.91. The highest BCUT2D eigenvalue weighted by atomic mass is 35.5. The Labute approximate surface area is 131 Å². The molecule has 21 heavy (non-hydrogen) atoms. The largest absolute Gasteiger partial charge is 0.380 e. The molecule has 1 saturated heterocycles. The van der Waals surface area contributed by atoms with Crippen LogP contribution in [0.2, 0.25) is 0 Å². The summed E-state index contributed by atoms with van der Waals surface area (Å²) in [6, 6.07) is 1.69. The molecule has 0 spiro atoms. The van der Waals surface area contributed by atoms with Crippen LogP contribution in [0.15, 0.2) is 17.2 Å². The minimum absolute atomic E-state index is 0.0150. The summed E-state index contributed by atoms with van der Waals surface area (Å²) in [7, 11) is -1.83. The lowest BCUT2D eigenvalue weighted by Crippen LogP contribution is -2.42. The van der Waals surface area contributed by atoms with Gasteiger partial charge in [-0.2, -0.15) is 4.31 Å². The zero-order valence-electron chi connectivity index (χ0n) is 12.6. The molecule has 0 amide bonds. The molecule has 0 aliphatic carbocycles. The van der Waals surface area contributed by atoms with Crippen molar-refractivity contribution >= 4 is 21.6 Å². The molecule has 1 atom stereocenters. The first-order valence-corrected chi connectivity index (χ1v) is 9.28. The first-order valence-electron chi connectivity index (χ1n) is 7.30. The van der Waals surface area contributed by atoms with Crippen LogP contribution in [-0.2, 0) is 27.2 Å². The number of aromatic nitrogens is 1. The Kier molecular flexibility index (Phi) is 5.71. The van der Waals surface area contributed by atoms with Gasteiger partial charge in [-0.3, -0.25) is 0 Å². The molecule has 1 unspecified atom stereocenters. The van der Waals surface area contributed by atoms with Gasteiger partial charge in [-0.05, 0) is 25.3 Å². The van der Waals surface area contributed by atoms with Crippen LogP contribution in [0.5, 0.6) is 0 Å². The topological polar surface area (TPSA) is 51.5 Å². The fourth-order valence-electron chi connectivity index (χ4n) is 2.69. The average molecular weight is 335 g/mol. The molecule has 120 valence electrons. The molecule has 0 saturated carbocycles. The van der Waals surface area contributed by atoms with Crippen molar-refractivity contribution in [3.63, 3.8) is 0 Å². The summed E-state index contributed by atoms with van der Waals surface area (Å²) in [6.07, 6.45) is 4.36. The molecule has 2 rings (SSSR count). The number of nitrogens with zero attached hydrogens (tertiary/aromatic N) is 2. The van der Waals surface area contributed by atoms with Crippen molar-refractivity contribution in [2.45, 2.75) is 49.6 Å². The predicted octanol–water partition coefficient (Wildman–Crippen LogP) is 2.44. The van der Waals surface area contributed by atoms with Crippen LogP contribution in [0, 0.1) is 0 Å². The lowest BCUT2D eigenvalue weighted by molar-refractivity contribution is 0.0572. The Hall–Kier alpha value is -0.560.